The Bertz CT molecular complexity index is 833. The zero-order valence-corrected chi connectivity index (χ0v) is 15.1. The van der Waals surface area contributed by atoms with Gasteiger partial charge in [-0.15, -0.1) is 0 Å². The second-order valence-electron chi connectivity index (χ2n) is 7.02. The van der Waals surface area contributed by atoms with Crippen LogP contribution >= 0.6 is 0 Å². The minimum absolute atomic E-state index is 0.0408. The van der Waals surface area contributed by atoms with Gasteiger partial charge >= 0.3 is 0 Å². The smallest absolute Gasteiger partial charge is 0.254 e. The van der Waals surface area contributed by atoms with Crippen LogP contribution in [-0.2, 0) is 17.8 Å². The molecule has 26 heavy (non-hydrogen) atoms. The van der Waals surface area contributed by atoms with E-state index in [1.165, 1.54) is 12.1 Å². The molecular formula is C21H23FN2O2. The van der Waals surface area contributed by atoms with E-state index in [0.29, 0.717) is 25.4 Å². The maximum Gasteiger partial charge on any atom is 0.254 e. The highest BCUT2D eigenvalue weighted by Gasteiger charge is 2.25. The summed E-state index contributed by atoms with van der Waals surface area (Å²) in [5.74, 6) is -0.477. The number of hydrogen-bond acceptors (Lipinski definition) is 2. The third-order valence-electron chi connectivity index (χ3n) is 4.49. The predicted molar refractivity (Wildman–Crippen MR) is 99.5 cm³/mol. The van der Waals surface area contributed by atoms with E-state index in [1.54, 1.807) is 12.1 Å². The SMILES string of the molecule is CC(C)CC(=O)N1CCc2cc(CNC(=O)c3ccccc3F)ccc21. The summed E-state index contributed by atoms with van der Waals surface area (Å²) in [5.41, 5.74) is 3.05. The molecule has 1 aliphatic heterocycles. The van der Waals surface area contributed by atoms with Crippen molar-refractivity contribution in [2.75, 3.05) is 11.4 Å². The Kier molecular flexibility index (Phi) is 5.35. The molecule has 5 heteroatoms. The largest absolute Gasteiger partial charge is 0.348 e. The molecule has 1 aliphatic rings. The molecule has 2 aromatic rings. The number of halogens is 1. The minimum Gasteiger partial charge on any atom is -0.348 e. The maximum absolute atomic E-state index is 13.7. The molecule has 0 saturated carbocycles. The van der Waals surface area contributed by atoms with Crippen molar-refractivity contribution < 1.29 is 14.0 Å². The number of anilines is 1. The van der Waals surface area contributed by atoms with Crippen molar-refractivity contribution in [3.63, 3.8) is 0 Å². The van der Waals surface area contributed by atoms with Gasteiger partial charge in [0.15, 0.2) is 0 Å². The van der Waals surface area contributed by atoms with Crippen LogP contribution < -0.4 is 10.2 Å². The van der Waals surface area contributed by atoms with Gasteiger partial charge in [-0.3, -0.25) is 9.59 Å². The third kappa shape index (κ3) is 3.93. The zero-order valence-electron chi connectivity index (χ0n) is 15.1. The second-order valence-corrected chi connectivity index (χ2v) is 7.02. The number of carbonyl (C=O) groups excluding carboxylic acids is 2. The Labute approximate surface area is 153 Å². The summed E-state index contributed by atoms with van der Waals surface area (Å²) >= 11 is 0. The van der Waals surface area contributed by atoms with Crippen LogP contribution in [-0.4, -0.2) is 18.4 Å². The molecule has 1 heterocycles. The summed E-state index contributed by atoms with van der Waals surface area (Å²) in [6.07, 6.45) is 1.36. The van der Waals surface area contributed by atoms with Gasteiger partial charge in [-0.1, -0.05) is 38.1 Å². The Morgan fingerprint density at radius 2 is 1.96 bits per heavy atom. The first-order valence-corrected chi connectivity index (χ1v) is 8.90. The standard InChI is InChI=1S/C21H23FN2O2/c1-14(2)11-20(25)24-10-9-16-12-15(7-8-19(16)24)13-23-21(26)17-5-3-4-6-18(17)22/h3-8,12,14H,9-11,13H2,1-2H3,(H,23,26). The van der Waals surface area contributed by atoms with Gasteiger partial charge in [-0.25, -0.2) is 4.39 Å². The molecule has 2 aromatic carbocycles. The van der Waals surface area contributed by atoms with Crippen LogP contribution in [0.25, 0.3) is 0 Å². The molecule has 0 fully saturated rings. The van der Waals surface area contributed by atoms with Crippen LogP contribution in [0.2, 0.25) is 0 Å². The fourth-order valence-corrected chi connectivity index (χ4v) is 3.21. The highest BCUT2D eigenvalue weighted by atomic mass is 19.1. The van der Waals surface area contributed by atoms with E-state index < -0.39 is 11.7 Å². The Morgan fingerprint density at radius 3 is 2.69 bits per heavy atom. The number of benzene rings is 2. The summed E-state index contributed by atoms with van der Waals surface area (Å²) in [7, 11) is 0. The van der Waals surface area contributed by atoms with E-state index in [-0.39, 0.29) is 11.5 Å². The lowest BCUT2D eigenvalue weighted by Crippen LogP contribution is -2.29. The molecule has 0 aliphatic carbocycles. The third-order valence-corrected chi connectivity index (χ3v) is 4.49. The van der Waals surface area contributed by atoms with Crippen LogP contribution in [0.5, 0.6) is 0 Å². The molecule has 0 spiro atoms. The lowest BCUT2D eigenvalue weighted by atomic mass is 10.1. The summed E-state index contributed by atoms with van der Waals surface area (Å²) in [4.78, 5) is 26.3. The van der Waals surface area contributed by atoms with Crippen molar-refractivity contribution in [3.05, 3.63) is 65.0 Å². The molecule has 0 unspecified atom stereocenters. The van der Waals surface area contributed by atoms with Crippen LogP contribution in [0.1, 0.15) is 41.8 Å². The van der Waals surface area contributed by atoms with Gasteiger partial charge in [-0.2, -0.15) is 0 Å². The molecule has 0 aromatic heterocycles. The first-order valence-electron chi connectivity index (χ1n) is 8.90. The number of nitrogens with zero attached hydrogens (tertiary/aromatic N) is 1. The Morgan fingerprint density at radius 1 is 1.19 bits per heavy atom. The van der Waals surface area contributed by atoms with Crippen molar-refractivity contribution in [1.29, 1.82) is 0 Å². The first-order chi connectivity index (χ1) is 12.5. The average molecular weight is 354 g/mol. The normalized spacial score (nSPS) is 13.0. The topological polar surface area (TPSA) is 49.4 Å². The van der Waals surface area contributed by atoms with Crippen LogP contribution in [0, 0.1) is 11.7 Å². The van der Waals surface area contributed by atoms with Gasteiger partial charge in [0.05, 0.1) is 5.56 Å². The highest BCUT2D eigenvalue weighted by Crippen LogP contribution is 2.30. The van der Waals surface area contributed by atoms with E-state index in [2.05, 4.69) is 5.32 Å². The minimum atomic E-state index is -0.529. The summed E-state index contributed by atoms with van der Waals surface area (Å²) in [5, 5.41) is 2.75. The van der Waals surface area contributed by atoms with Crippen molar-refractivity contribution in [2.24, 2.45) is 5.92 Å². The lowest BCUT2D eigenvalue weighted by molar-refractivity contribution is -0.119. The number of fused-ring (bicyclic) bond motifs is 1. The van der Waals surface area contributed by atoms with Crippen LogP contribution in [0.4, 0.5) is 10.1 Å². The fourth-order valence-electron chi connectivity index (χ4n) is 3.21. The monoisotopic (exact) mass is 354 g/mol. The van der Waals surface area contributed by atoms with Gasteiger partial charge in [0.1, 0.15) is 5.82 Å². The zero-order chi connectivity index (χ0) is 18.7. The first kappa shape index (κ1) is 18.1. The van der Waals surface area contributed by atoms with Gasteiger partial charge in [0, 0.05) is 25.2 Å². The van der Waals surface area contributed by atoms with Gasteiger partial charge < -0.3 is 10.2 Å². The van der Waals surface area contributed by atoms with Crippen LogP contribution in [0.15, 0.2) is 42.5 Å². The van der Waals surface area contributed by atoms with Crippen molar-refractivity contribution in [1.82, 2.24) is 5.32 Å². The maximum atomic E-state index is 13.7. The summed E-state index contributed by atoms with van der Waals surface area (Å²) < 4.78 is 13.7. The van der Waals surface area contributed by atoms with Gasteiger partial charge in [-0.05, 0) is 41.7 Å². The predicted octanol–water partition coefficient (Wildman–Crippen LogP) is 3.69. The van der Waals surface area contributed by atoms with E-state index in [4.69, 9.17) is 0 Å². The quantitative estimate of drug-likeness (QED) is 0.890. The molecule has 136 valence electrons. The summed E-state index contributed by atoms with van der Waals surface area (Å²) in [6, 6.07) is 11.8. The second kappa shape index (κ2) is 7.68. The molecule has 3 rings (SSSR count). The molecule has 4 nitrogen and oxygen atoms in total. The highest BCUT2D eigenvalue weighted by molar-refractivity contribution is 5.96. The molecule has 0 atom stereocenters. The number of carbonyl (C=O) groups is 2. The lowest BCUT2D eigenvalue weighted by Gasteiger charge is -2.18. The van der Waals surface area contributed by atoms with E-state index in [9.17, 15) is 14.0 Å². The van der Waals surface area contributed by atoms with Crippen molar-refractivity contribution >= 4 is 17.5 Å². The van der Waals surface area contributed by atoms with Crippen LogP contribution in [0.3, 0.4) is 0 Å². The molecule has 2 amide bonds. The Balaban J connectivity index is 1.66. The number of nitrogens with one attached hydrogen (secondary N) is 1. The number of rotatable bonds is 5. The molecule has 0 saturated heterocycles. The Hall–Kier alpha value is -2.69. The van der Waals surface area contributed by atoms with E-state index in [1.807, 2.05) is 36.9 Å². The van der Waals surface area contributed by atoms with Gasteiger partial charge in [0.2, 0.25) is 5.91 Å². The van der Waals surface area contributed by atoms with E-state index in [0.717, 1.165) is 23.2 Å². The average Bonchev–Trinajstić information content (AvgIpc) is 3.03. The van der Waals surface area contributed by atoms with Crippen molar-refractivity contribution in [2.45, 2.75) is 33.2 Å². The molecule has 0 bridgehead atoms. The molecular weight excluding hydrogens is 331 g/mol. The summed E-state index contributed by atoms with van der Waals surface area (Å²) in [6.45, 7) is 5.10. The fraction of sp³-hybridized carbons (Fsp3) is 0.333. The van der Waals surface area contributed by atoms with Crippen molar-refractivity contribution in [3.8, 4) is 0 Å². The van der Waals surface area contributed by atoms with Gasteiger partial charge in [0.25, 0.3) is 5.91 Å². The molecule has 1 N–H and O–H groups in total. The van der Waals surface area contributed by atoms with E-state index >= 15 is 0 Å². The number of amides is 2. The number of hydrogen-bond donors (Lipinski definition) is 1. The molecule has 0 radical (unpaired) electrons.